The Morgan fingerprint density at radius 1 is 1.22 bits per heavy atom. The monoisotopic (exact) mass is 387 g/mol. The van der Waals surface area contributed by atoms with Gasteiger partial charge in [0.15, 0.2) is 0 Å². The minimum atomic E-state index is -0.389. The Balaban J connectivity index is 1.84. The lowest BCUT2D eigenvalue weighted by atomic mass is 10.2. The number of hydrogen-bond donors (Lipinski definition) is 0. The quantitative estimate of drug-likeness (QED) is 0.579. The fourth-order valence-electron chi connectivity index (χ4n) is 2.06. The van der Waals surface area contributed by atoms with Crippen molar-refractivity contribution in [1.29, 1.82) is 0 Å². The lowest BCUT2D eigenvalue weighted by molar-refractivity contribution is -0.122. The number of thioether (sulfide) groups is 1. The second-order valence-electron chi connectivity index (χ2n) is 4.68. The van der Waals surface area contributed by atoms with Crippen molar-refractivity contribution in [3.05, 3.63) is 51.5 Å². The molecule has 0 unspecified atom stereocenters. The van der Waals surface area contributed by atoms with Crippen LogP contribution in [0.4, 0.5) is 4.79 Å². The van der Waals surface area contributed by atoms with Gasteiger partial charge in [0.25, 0.3) is 11.1 Å². The minimum absolute atomic E-state index is 0.0235. The molecule has 3 rings (SSSR count). The number of furan rings is 1. The second kappa shape index (κ2) is 6.49. The van der Waals surface area contributed by atoms with Crippen LogP contribution in [0.5, 0.6) is 0 Å². The summed E-state index contributed by atoms with van der Waals surface area (Å²) in [6.07, 6.45) is 6.72. The number of terminal acetylenes is 1. The lowest BCUT2D eigenvalue weighted by Crippen LogP contribution is -2.28. The van der Waals surface area contributed by atoms with E-state index in [1.165, 1.54) is 0 Å². The maximum atomic E-state index is 12.1. The summed E-state index contributed by atoms with van der Waals surface area (Å²) in [6.45, 7) is -0.0235. The predicted molar refractivity (Wildman–Crippen MR) is 93.4 cm³/mol. The van der Waals surface area contributed by atoms with Crippen molar-refractivity contribution in [2.45, 2.75) is 0 Å². The van der Waals surface area contributed by atoms with Crippen molar-refractivity contribution in [2.75, 3.05) is 6.54 Å². The van der Waals surface area contributed by atoms with Gasteiger partial charge in [0, 0.05) is 16.1 Å². The third-order valence-electron chi connectivity index (χ3n) is 3.15. The van der Waals surface area contributed by atoms with Gasteiger partial charge in [-0.2, -0.15) is 0 Å². The fraction of sp³-hybridized carbons (Fsp3) is 0.0588. The molecule has 1 saturated heterocycles. The molecule has 0 saturated carbocycles. The third kappa shape index (κ3) is 3.26. The van der Waals surface area contributed by atoms with Crippen molar-refractivity contribution in [3.8, 4) is 23.7 Å². The van der Waals surface area contributed by atoms with Crippen molar-refractivity contribution < 1.29 is 14.0 Å². The van der Waals surface area contributed by atoms with Gasteiger partial charge in [0.05, 0.1) is 11.4 Å². The molecule has 4 nitrogen and oxygen atoms in total. The lowest BCUT2D eigenvalue weighted by Gasteiger charge is -2.06. The van der Waals surface area contributed by atoms with Gasteiger partial charge in [-0.3, -0.25) is 14.5 Å². The van der Waals surface area contributed by atoms with Gasteiger partial charge in [-0.05, 0) is 36.0 Å². The van der Waals surface area contributed by atoms with Crippen molar-refractivity contribution >= 4 is 44.9 Å². The average molecular weight is 388 g/mol. The number of carbonyl (C=O) groups is 2. The summed E-state index contributed by atoms with van der Waals surface area (Å²) in [5.41, 5.74) is 0.924. The standard InChI is InChI=1S/C17H10BrNO3S/c1-2-9-19-16(20)15(23-17(19)21)10-13-7-8-14(22-13)11-3-5-12(18)6-4-11/h1,3-8,10H,9H2/b15-10-. The Hall–Kier alpha value is -2.23. The summed E-state index contributed by atoms with van der Waals surface area (Å²) in [4.78, 5) is 25.2. The molecule has 6 heteroatoms. The molecule has 2 amide bonds. The van der Waals surface area contributed by atoms with Crippen molar-refractivity contribution in [1.82, 2.24) is 4.90 Å². The van der Waals surface area contributed by atoms with Gasteiger partial charge in [0.1, 0.15) is 11.5 Å². The maximum absolute atomic E-state index is 12.1. The summed E-state index contributed by atoms with van der Waals surface area (Å²) < 4.78 is 6.70. The maximum Gasteiger partial charge on any atom is 0.294 e. The van der Waals surface area contributed by atoms with E-state index in [1.54, 1.807) is 12.1 Å². The zero-order chi connectivity index (χ0) is 16.4. The van der Waals surface area contributed by atoms with Crippen LogP contribution < -0.4 is 0 Å². The number of imide groups is 1. The van der Waals surface area contributed by atoms with Gasteiger partial charge in [-0.25, -0.2) is 0 Å². The van der Waals surface area contributed by atoms with E-state index in [-0.39, 0.29) is 17.7 Å². The van der Waals surface area contributed by atoms with Crippen LogP contribution in [0.2, 0.25) is 0 Å². The van der Waals surface area contributed by atoms with E-state index in [9.17, 15) is 9.59 Å². The van der Waals surface area contributed by atoms with E-state index in [0.29, 0.717) is 16.4 Å². The molecule has 1 aromatic carbocycles. The molecule has 23 heavy (non-hydrogen) atoms. The van der Waals surface area contributed by atoms with E-state index < -0.39 is 0 Å². The van der Waals surface area contributed by atoms with Gasteiger partial charge >= 0.3 is 0 Å². The molecule has 114 valence electrons. The Morgan fingerprint density at radius 3 is 2.65 bits per heavy atom. The molecule has 1 fully saturated rings. The third-order valence-corrected chi connectivity index (χ3v) is 4.59. The molecule has 2 aromatic rings. The molecular weight excluding hydrogens is 378 g/mol. The molecule has 0 aliphatic carbocycles. The largest absolute Gasteiger partial charge is 0.457 e. The summed E-state index contributed by atoms with van der Waals surface area (Å²) in [5, 5.41) is -0.362. The summed E-state index contributed by atoms with van der Waals surface area (Å²) >= 11 is 4.24. The number of carbonyl (C=O) groups excluding carboxylic acids is 2. The summed E-state index contributed by atoms with van der Waals surface area (Å²) in [5.74, 6) is 3.11. The molecule has 1 aromatic heterocycles. The van der Waals surface area contributed by atoms with Crippen LogP contribution in [-0.2, 0) is 4.79 Å². The first kappa shape index (κ1) is 15.7. The Labute approximate surface area is 145 Å². The minimum Gasteiger partial charge on any atom is -0.457 e. The Morgan fingerprint density at radius 2 is 1.96 bits per heavy atom. The van der Waals surface area contributed by atoms with Gasteiger partial charge in [-0.1, -0.05) is 34.0 Å². The van der Waals surface area contributed by atoms with E-state index in [2.05, 4.69) is 21.9 Å². The highest BCUT2D eigenvalue weighted by Crippen LogP contribution is 2.33. The first-order chi connectivity index (χ1) is 11.1. The molecule has 1 aliphatic rings. The first-order valence-electron chi connectivity index (χ1n) is 6.63. The predicted octanol–water partition coefficient (Wildman–Crippen LogP) is 4.38. The van der Waals surface area contributed by atoms with Crippen molar-refractivity contribution in [3.63, 3.8) is 0 Å². The number of rotatable bonds is 3. The first-order valence-corrected chi connectivity index (χ1v) is 8.24. The topological polar surface area (TPSA) is 50.5 Å². The van der Waals surface area contributed by atoms with Gasteiger partial charge in [0.2, 0.25) is 0 Å². The number of nitrogens with zero attached hydrogens (tertiary/aromatic N) is 1. The summed E-state index contributed by atoms with van der Waals surface area (Å²) in [7, 11) is 0. The highest BCUT2D eigenvalue weighted by Gasteiger charge is 2.34. The highest BCUT2D eigenvalue weighted by molar-refractivity contribution is 9.10. The molecular formula is C17H10BrNO3S. The van der Waals surface area contributed by atoms with Crippen LogP contribution in [0, 0.1) is 12.3 Å². The number of amides is 2. The molecule has 0 bridgehead atoms. The molecule has 0 radical (unpaired) electrons. The SMILES string of the molecule is C#CCN1C(=O)S/C(=C\c2ccc(-c3ccc(Br)cc3)o2)C1=O. The normalized spacial score (nSPS) is 16.2. The second-order valence-corrected chi connectivity index (χ2v) is 6.59. The van der Waals surface area contributed by atoms with E-state index in [1.807, 2.05) is 30.3 Å². The average Bonchev–Trinajstić information content (AvgIpc) is 3.09. The highest BCUT2D eigenvalue weighted by atomic mass is 79.9. The van der Waals surface area contributed by atoms with Gasteiger partial charge in [-0.15, -0.1) is 6.42 Å². The van der Waals surface area contributed by atoms with E-state index in [0.717, 1.165) is 26.7 Å². The zero-order valence-corrected chi connectivity index (χ0v) is 14.2. The van der Waals surface area contributed by atoms with Crippen LogP contribution in [-0.4, -0.2) is 22.6 Å². The van der Waals surface area contributed by atoms with Crippen LogP contribution in [0.1, 0.15) is 5.76 Å². The Kier molecular flexibility index (Phi) is 4.42. The van der Waals surface area contributed by atoms with E-state index in [4.69, 9.17) is 10.8 Å². The number of halogens is 1. The summed E-state index contributed by atoms with van der Waals surface area (Å²) in [6, 6.07) is 11.3. The van der Waals surface area contributed by atoms with Crippen LogP contribution in [0.25, 0.3) is 17.4 Å². The van der Waals surface area contributed by atoms with Crippen LogP contribution in [0.15, 0.2) is 50.2 Å². The molecule has 0 spiro atoms. The molecule has 2 heterocycles. The fourth-order valence-corrected chi connectivity index (χ4v) is 3.14. The number of benzene rings is 1. The van der Waals surface area contributed by atoms with Crippen LogP contribution >= 0.6 is 27.7 Å². The molecule has 1 aliphatic heterocycles. The number of hydrogen-bond acceptors (Lipinski definition) is 4. The van der Waals surface area contributed by atoms with Gasteiger partial charge < -0.3 is 4.42 Å². The van der Waals surface area contributed by atoms with E-state index >= 15 is 0 Å². The zero-order valence-electron chi connectivity index (χ0n) is 11.8. The molecule has 0 atom stereocenters. The Bertz CT molecular complexity index is 845. The molecule has 0 N–H and O–H groups in total. The van der Waals surface area contributed by atoms with Crippen molar-refractivity contribution in [2.24, 2.45) is 0 Å². The van der Waals surface area contributed by atoms with Crippen LogP contribution in [0.3, 0.4) is 0 Å². The smallest absolute Gasteiger partial charge is 0.294 e.